The van der Waals surface area contributed by atoms with Gasteiger partial charge in [0, 0.05) is 12.8 Å². The molecule has 0 fully saturated rings. The highest BCUT2D eigenvalue weighted by Gasteiger charge is 2.22. The van der Waals surface area contributed by atoms with Crippen LogP contribution in [0.1, 0.15) is 136 Å². The molecule has 0 aliphatic rings. The van der Waals surface area contributed by atoms with Gasteiger partial charge in [0.1, 0.15) is 6.61 Å². The Morgan fingerprint density at radius 2 is 1.20 bits per heavy atom. The first-order chi connectivity index (χ1) is 24.7. The minimum absolute atomic E-state index is 0.163. The van der Waals surface area contributed by atoms with Gasteiger partial charge in [-0.25, -0.2) is 4.57 Å². The molecule has 0 spiro atoms. The average Bonchev–Trinajstić information content (AvgIpc) is 3.09. The second-order valence-corrected chi connectivity index (χ2v) is 13.6. The normalized spacial score (nSPS) is 14.1. The lowest BCUT2D eigenvalue weighted by Gasteiger charge is -2.18. The van der Waals surface area contributed by atoms with Gasteiger partial charge >= 0.3 is 19.8 Å². The number of allylic oxidation sites excluding steroid dienone is 12. The summed E-state index contributed by atoms with van der Waals surface area (Å²) >= 11 is 0. The molecule has 0 aromatic rings. The maximum absolute atomic E-state index is 12.4. The number of hydrogen-bond acceptors (Lipinski definition) is 7. The summed E-state index contributed by atoms with van der Waals surface area (Å²) in [5.41, 5.74) is 0. The molecule has 0 aromatic heterocycles. The van der Waals surface area contributed by atoms with E-state index >= 15 is 0 Å². The Kier molecular flexibility index (Phi) is 33.6. The molecule has 3 N–H and O–H groups in total. The highest BCUT2D eigenvalue weighted by molar-refractivity contribution is 7.46. The summed E-state index contributed by atoms with van der Waals surface area (Å²) in [4.78, 5) is 42.7. The van der Waals surface area contributed by atoms with Crippen molar-refractivity contribution in [2.75, 3.05) is 13.2 Å². The summed E-state index contributed by atoms with van der Waals surface area (Å²) < 4.78 is 26.2. The van der Waals surface area contributed by atoms with Crippen LogP contribution in [0, 0.1) is 0 Å². The van der Waals surface area contributed by atoms with Gasteiger partial charge in [-0.05, 0) is 70.6 Å². The molecule has 9 nitrogen and oxygen atoms in total. The Morgan fingerprint density at radius 1 is 0.627 bits per heavy atom. The van der Waals surface area contributed by atoms with Crippen molar-refractivity contribution in [2.45, 2.75) is 148 Å². The molecule has 0 radical (unpaired) electrons. The molecule has 0 amide bonds. The molecule has 2 atom stereocenters. The molecule has 51 heavy (non-hydrogen) atoms. The lowest BCUT2D eigenvalue weighted by Crippen LogP contribution is -2.29. The highest BCUT2D eigenvalue weighted by atomic mass is 31.2. The summed E-state index contributed by atoms with van der Waals surface area (Å²) in [6.07, 6.45) is 43.6. The zero-order valence-electron chi connectivity index (χ0n) is 31.3. The van der Waals surface area contributed by atoms with E-state index < -0.39 is 38.6 Å². The zero-order chi connectivity index (χ0) is 37.7. The van der Waals surface area contributed by atoms with Gasteiger partial charge in [-0.15, -0.1) is 0 Å². The van der Waals surface area contributed by atoms with Crippen molar-refractivity contribution in [1.82, 2.24) is 0 Å². The summed E-state index contributed by atoms with van der Waals surface area (Å²) in [6.45, 7) is 3.34. The number of phosphoric ester groups is 1. The fourth-order valence-corrected chi connectivity index (χ4v) is 5.01. The van der Waals surface area contributed by atoms with Crippen molar-refractivity contribution in [3.63, 3.8) is 0 Å². The number of ether oxygens (including phenoxy) is 2. The van der Waals surface area contributed by atoms with Gasteiger partial charge in [0.15, 0.2) is 6.10 Å². The van der Waals surface area contributed by atoms with Gasteiger partial charge in [-0.1, -0.05) is 137 Å². The van der Waals surface area contributed by atoms with Gasteiger partial charge in [-0.2, -0.15) is 0 Å². The minimum Gasteiger partial charge on any atom is -0.462 e. The van der Waals surface area contributed by atoms with Crippen LogP contribution in [0.25, 0.3) is 0 Å². The molecular weight excluding hydrogens is 667 g/mol. The van der Waals surface area contributed by atoms with Crippen LogP contribution in [0.5, 0.6) is 0 Å². The standard InChI is InChI=1S/C41H67O9P/c1-3-5-7-8-9-10-11-12-13-14-19-22-25-28-31-35-41(44)50-39(37-49-51(45,46)47)36-48-40(43)34-30-27-24-21-18-16-15-17-20-23-26-29-33-38(42)32-6-4-2/h6,10-13,15-16,20-21,23-24,26,29,32,38-39,42H,3-5,7-9,14,17-19,22,25,27-28,30-31,33-37H2,1-2H3,(H2,45,46,47)/b11-10-,13-12-,16-15-,23-20-,24-21-,29-26+,32-6-/t38?,39-/m1/s1. The summed E-state index contributed by atoms with van der Waals surface area (Å²) in [5, 5.41) is 9.73. The van der Waals surface area contributed by atoms with Crippen molar-refractivity contribution < 1.29 is 43.0 Å². The Labute approximate surface area is 308 Å². The van der Waals surface area contributed by atoms with E-state index in [-0.39, 0.29) is 19.4 Å². The van der Waals surface area contributed by atoms with Crippen LogP contribution in [0.3, 0.4) is 0 Å². The Morgan fingerprint density at radius 3 is 1.88 bits per heavy atom. The number of aliphatic hydroxyl groups excluding tert-OH is 1. The Hall–Kier alpha value is -2.81. The quantitative estimate of drug-likeness (QED) is 0.0198. The number of phosphoric acid groups is 1. The van der Waals surface area contributed by atoms with Gasteiger partial charge in [0.2, 0.25) is 0 Å². The topological polar surface area (TPSA) is 140 Å². The predicted molar refractivity (Wildman–Crippen MR) is 208 cm³/mol. The first kappa shape index (κ1) is 48.2. The molecular formula is C41H67O9P. The van der Waals surface area contributed by atoms with Gasteiger partial charge < -0.3 is 24.4 Å². The van der Waals surface area contributed by atoms with E-state index in [2.05, 4.69) is 47.9 Å². The number of carbonyl (C=O) groups excluding carboxylic acids is 2. The maximum atomic E-state index is 12.4. The predicted octanol–water partition coefficient (Wildman–Crippen LogP) is 10.3. The first-order valence-corrected chi connectivity index (χ1v) is 20.5. The van der Waals surface area contributed by atoms with E-state index in [0.717, 1.165) is 57.8 Å². The van der Waals surface area contributed by atoms with Gasteiger partial charge in [0.25, 0.3) is 0 Å². The molecule has 10 heteroatoms. The average molecular weight is 735 g/mol. The Bertz CT molecular complexity index is 1110. The zero-order valence-corrected chi connectivity index (χ0v) is 32.2. The minimum atomic E-state index is -4.78. The van der Waals surface area contributed by atoms with E-state index in [4.69, 9.17) is 19.3 Å². The lowest BCUT2D eigenvalue weighted by atomic mass is 10.1. The third-order valence-electron chi connectivity index (χ3n) is 7.50. The van der Waals surface area contributed by atoms with Crippen LogP contribution >= 0.6 is 7.82 Å². The third-order valence-corrected chi connectivity index (χ3v) is 7.99. The largest absolute Gasteiger partial charge is 0.469 e. The van der Waals surface area contributed by atoms with Crippen LogP contribution in [0.15, 0.2) is 85.1 Å². The summed E-state index contributed by atoms with van der Waals surface area (Å²) in [7, 11) is -4.78. The van der Waals surface area contributed by atoms with Crippen molar-refractivity contribution in [2.24, 2.45) is 0 Å². The molecule has 0 aliphatic heterocycles. The molecule has 0 saturated carbocycles. The second kappa shape index (κ2) is 35.6. The maximum Gasteiger partial charge on any atom is 0.469 e. The van der Waals surface area contributed by atoms with E-state index in [1.165, 1.54) is 25.7 Å². The van der Waals surface area contributed by atoms with Crippen LogP contribution < -0.4 is 0 Å². The molecule has 0 saturated heterocycles. The second-order valence-electron chi connectivity index (χ2n) is 12.4. The Balaban J connectivity index is 4.16. The smallest absolute Gasteiger partial charge is 0.462 e. The van der Waals surface area contributed by atoms with E-state index in [0.29, 0.717) is 25.7 Å². The van der Waals surface area contributed by atoms with Crippen LogP contribution in [0.4, 0.5) is 0 Å². The number of hydrogen-bond donors (Lipinski definition) is 3. The van der Waals surface area contributed by atoms with Gasteiger partial charge in [0.05, 0.1) is 12.7 Å². The van der Waals surface area contributed by atoms with Crippen molar-refractivity contribution in [3.8, 4) is 0 Å². The van der Waals surface area contributed by atoms with Crippen LogP contribution in [-0.2, 0) is 28.2 Å². The molecule has 0 rings (SSSR count). The van der Waals surface area contributed by atoms with E-state index in [9.17, 15) is 19.3 Å². The highest BCUT2D eigenvalue weighted by Crippen LogP contribution is 2.36. The molecule has 1 unspecified atom stereocenters. The molecule has 0 aliphatic carbocycles. The number of esters is 2. The molecule has 0 bridgehead atoms. The van der Waals surface area contributed by atoms with Crippen LogP contribution in [-0.4, -0.2) is 52.3 Å². The molecule has 0 heterocycles. The van der Waals surface area contributed by atoms with E-state index in [1.807, 2.05) is 55.5 Å². The molecule has 0 aromatic carbocycles. The first-order valence-electron chi connectivity index (χ1n) is 19.0. The fourth-order valence-electron chi connectivity index (χ4n) is 4.65. The number of carbonyl (C=O) groups is 2. The van der Waals surface area contributed by atoms with E-state index in [1.54, 1.807) is 0 Å². The van der Waals surface area contributed by atoms with Crippen molar-refractivity contribution in [1.29, 1.82) is 0 Å². The SMILES string of the molecule is CC/C=C\C(O)C/C=C/C=C\C/C=C\C/C=C\CCCC(=O)OC[C@H](COP(=O)(O)O)OC(=O)CCCCCCC/C=C\C=C/CCCCCC. The number of aliphatic hydroxyl groups is 1. The van der Waals surface area contributed by atoms with Crippen LogP contribution in [0.2, 0.25) is 0 Å². The van der Waals surface area contributed by atoms with Gasteiger partial charge in [-0.3, -0.25) is 14.1 Å². The fraction of sp³-hybridized carbons (Fsp3) is 0.610. The number of rotatable bonds is 33. The summed E-state index contributed by atoms with van der Waals surface area (Å²) in [5.74, 6) is -1.00. The molecule has 290 valence electrons. The monoisotopic (exact) mass is 734 g/mol. The van der Waals surface area contributed by atoms with Crippen molar-refractivity contribution in [3.05, 3.63) is 85.1 Å². The lowest BCUT2D eigenvalue weighted by molar-refractivity contribution is -0.161. The summed E-state index contributed by atoms with van der Waals surface area (Å²) in [6, 6.07) is 0. The van der Waals surface area contributed by atoms with Crippen molar-refractivity contribution >= 4 is 19.8 Å². The third kappa shape index (κ3) is 38.3. The number of unbranched alkanes of at least 4 members (excludes halogenated alkanes) is 10.